The van der Waals surface area contributed by atoms with Gasteiger partial charge in [-0.05, 0) is 25.5 Å². The molecule has 2 aliphatic heterocycles. The van der Waals surface area contributed by atoms with Crippen LogP contribution in [0, 0.1) is 0 Å². The van der Waals surface area contributed by atoms with Crippen molar-refractivity contribution in [3.63, 3.8) is 0 Å². The number of rotatable bonds is 2. The van der Waals surface area contributed by atoms with Gasteiger partial charge in [-0.1, -0.05) is 6.42 Å². The quantitative estimate of drug-likeness (QED) is 0.504. The Labute approximate surface area is 82.3 Å². The van der Waals surface area contributed by atoms with Crippen LogP contribution in [-0.4, -0.2) is 30.9 Å². The van der Waals surface area contributed by atoms with E-state index in [0.29, 0.717) is 0 Å². The summed E-state index contributed by atoms with van der Waals surface area (Å²) in [5, 5.41) is 3.12. The molecule has 4 nitrogen and oxygen atoms in total. The van der Waals surface area contributed by atoms with Gasteiger partial charge in [-0.3, -0.25) is 4.79 Å². The molecule has 0 bridgehead atoms. The molecule has 0 saturated carbocycles. The van der Waals surface area contributed by atoms with E-state index in [1.54, 1.807) is 6.08 Å². The number of Topliss-reactive ketones (excluding diaryl/α,β-unsaturated/α-hetero) is 1. The first kappa shape index (κ1) is 9.40. The summed E-state index contributed by atoms with van der Waals surface area (Å²) in [6.45, 7) is 1.10. The van der Waals surface area contributed by atoms with E-state index in [2.05, 4.69) is 5.32 Å². The van der Waals surface area contributed by atoms with Gasteiger partial charge in [0.05, 0.1) is 6.04 Å². The normalized spacial score (nSPS) is 27.0. The standard InChI is InChI=1S/C10H13NO3/c12-9(7-4-6-14-10(7)13)8-3-1-2-5-11-8/h4,8,11H,1-3,5-6H2/t8-/m1/s1. The molecule has 4 heteroatoms. The number of carbonyl (C=O) groups is 2. The first-order valence-corrected chi connectivity index (χ1v) is 4.94. The van der Waals surface area contributed by atoms with Crippen LogP contribution in [0.2, 0.25) is 0 Å². The number of nitrogens with one attached hydrogen (secondary N) is 1. The Hall–Kier alpha value is -1.16. The molecule has 2 heterocycles. The molecule has 0 amide bonds. The number of carbonyl (C=O) groups excluding carboxylic acids is 2. The van der Waals surface area contributed by atoms with Gasteiger partial charge in [-0.25, -0.2) is 4.79 Å². The van der Waals surface area contributed by atoms with Gasteiger partial charge in [-0.15, -0.1) is 0 Å². The van der Waals surface area contributed by atoms with Crippen molar-refractivity contribution < 1.29 is 14.3 Å². The summed E-state index contributed by atoms with van der Waals surface area (Å²) in [5.41, 5.74) is 0.226. The zero-order valence-corrected chi connectivity index (χ0v) is 7.91. The van der Waals surface area contributed by atoms with Crippen molar-refractivity contribution in [2.75, 3.05) is 13.2 Å². The lowest BCUT2D eigenvalue weighted by molar-refractivity contribution is -0.137. The van der Waals surface area contributed by atoms with Gasteiger partial charge in [-0.2, -0.15) is 0 Å². The first-order valence-electron chi connectivity index (χ1n) is 4.94. The molecule has 0 spiro atoms. The average molecular weight is 195 g/mol. The van der Waals surface area contributed by atoms with Gasteiger partial charge in [0.25, 0.3) is 0 Å². The van der Waals surface area contributed by atoms with Gasteiger partial charge >= 0.3 is 5.97 Å². The highest BCUT2D eigenvalue weighted by Gasteiger charge is 2.30. The summed E-state index contributed by atoms with van der Waals surface area (Å²) in [5.74, 6) is -0.574. The van der Waals surface area contributed by atoms with Gasteiger partial charge in [0.15, 0.2) is 5.78 Å². The summed E-state index contributed by atoms with van der Waals surface area (Å²) in [6.07, 6.45) is 4.55. The van der Waals surface area contributed by atoms with Gasteiger partial charge < -0.3 is 10.1 Å². The van der Waals surface area contributed by atoms with E-state index >= 15 is 0 Å². The lowest BCUT2D eigenvalue weighted by Crippen LogP contribution is -2.41. The summed E-state index contributed by atoms with van der Waals surface area (Å²) in [7, 11) is 0. The topological polar surface area (TPSA) is 55.4 Å². The largest absolute Gasteiger partial charge is 0.458 e. The number of cyclic esters (lactones) is 1. The molecule has 14 heavy (non-hydrogen) atoms. The van der Waals surface area contributed by atoms with E-state index in [1.807, 2.05) is 0 Å². The zero-order valence-electron chi connectivity index (χ0n) is 7.91. The molecule has 1 atom stereocenters. The maximum absolute atomic E-state index is 11.8. The van der Waals surface area contributed by atoms with Crippen molar-refractivity contribution in [1.82, 2.24) is 5.32 Å². The second-order valence-corrected chi connectivity index (χ2v) is 3.58. The number of hydrogen-bond donors (Lipinski definition) is 1. The third kappa shape index (κ3) is 1.70. The van der Waals surface area contributed by atoms with Crippen molar-refractivity contribution >= 4 is 11.8 Å². The minimum atomic E-state index is -0.470. The van der Waals surface area contributed by atoms with Gasteiger partial charge in [0, 0.05) is 0 Å². The SMILES string of the molecule is O=C1OCC=C1C(=O)[C@H]1CCCCN1. The number of hydrogen-bond acceptors (Lipinski definition) is 4. The maximum Gasteiger partial charge on any atom is 0.341 e. The molecule has 76 valence electrons. The fraction of sp³-hybridized carbons (Fsp3) is 0.600. The molecule has 1 saturated heterocycles. The van der Waals surface area contributed by atoms with Crippen LogP contribution >= 0.6 is 0 Å². The summed E-state index contributed by atoms with van der Waals surface area (Å²) in [4.78, 5) is 22.9. The molecule has 0 unspecified atom stereocenters. The minimum absolute atomic E-state index is 0.104. The lowest BCUT2D eigenvalue weighted by Gasteiger charge is -2.21. The van der Waals surface area contributed by atoms with E-state index in [0.717, 1.165) is 25.8 Å². The van der Waals surface area contributed by atoms with Crippen LogP contribution in [0.1, 0.15) is 19.3 Å². The highest BCUT2D eigenvalue weighted by Crippen LogP contribution is 2.15. The Balaban J connectivity index is 2.03. The first-order chi connectivity index (χ1) is 6.79. The molecule has 0 aliphatic carbocycles. The summed E-state index contributed by atoms with van der Waals surface area (Å²) < 4.78 is 4.70. The maximum atomic E-state index is 11.8. The second kappa shape index (κ2) is 3.92. The Kier molecular flexibility index (Phi) is 2.63. The Morgan fingerprint density at radius 1 is 1.50 bits per heavy atom. The third-order valence-electron chi connectivity index (χ3n) is 2.61. The number of esters is 1. The number of ketones is 1. The van der Waals surface area contributed by atoms with E-state index in [9.17, 15) is 9.59 Å². The van der Waals surface area contributed by atoms with Crippen LogP contribution in [0.4, 0.5) is 0 Å². The Bertz CT molecular complexity index is 290. The predicted molar refractivity (Wildman–Crippen MR) is 49.7 cm³/mol. The fourth-order valence-electron chi connectivity index (χ4n) is 1.83. The fourth-order valence-corrected chi connectivity index (χ4v) is 1.83. The van der Waals surface area contributed by atoms with E-state index in [1.165, 1.54) is 0 Å². The molecule has 2 rings (SSSR count). The van der Waals surface area contributed by atoms with Crippen LogP contribution < -0.4 is 5.32 Å². The van der Waals surface area contributed by atoms with Crippen LogP contribution in [0.3, 0.4) is 0 Å². The number of ether oxygens (including phenoxy) is 1. The molecule has 0 aromatic rings. The molecular weight excluding hydrogens is 182 g/mol. The van der Waals surface area contributed by atoms with Crippen LogP contribution in [0.5, 0.6) is 0 Å². The van der Waals surface area contributed by atoms with E-state index in [4.69, 9.17) is 4.74 Å². The van der Waals surface area contributed by atoms with Crippen LogP contribution in [-0.2, 0) is 14.3 Å². The van der Waals surface area contributed by atoms with Crippen molar-refractivity contribution in [1.29, 1.82) is 0 Å². The minimum Gasteiger partial charge on any atom is -0.458 e. The van der Waals surface area contributed by atoms with Crippen molar-refractivity contribution in [2.45, 2.75) is 25.3 Å². The molecular formula is C10H13NO3. The van der Waals surface area contributed by atoms with E-state index < -0.39 is 5.97 Å². The smallest absolute Gasteiger partial charge is 0.341 e. The van der Waals surface area contributed by atoms with E-state index in [-0.39, 0.29) is 24.0 Å². The van der Waals surface area contributed by atoms with Crippen molar-refractivity contribution in [3.05, 3.63) is 11.6 Å². The highest BCUT2D eigenvalue weighted by atomic mass is 16.5. The zero-order chi connectivity index (χ0) is 9.97. The molecule has 2 aliphatic rings. The molecule has 1 fully saturated rings. The Morgan fingerprint density at radius 2 is 2.36 bits per heavy atom. The summed E-state index contributed by atoms with van der Waals surface area (Å²) in [6, 6.07) is -0.180. The van der Waals surface area contributed by atoms with Crippen LogP contribution in [0.25, 0.3) is 0 Å². The molecule has 0 radical (unpaired) electrons. The lowest BCUT2D eigenvalue weighted by atomic mass is 9.97. The molecule has 0 aromatic carbocycles. The molecule has 0 aromatic heterocycles. The van der Waals surface area contributed by atoms with Crippen molar-refractivity contribution in [2.24, 2.45) is 0 Å². The van der Waals surface area contributed by atoms with Crippen LogP contribution in [0.15, 0.2) is 11.6 Å². The second-order valence-electron chi connectivity index (χ2n) is 3.58. The number of piperidine rings is 1. The Morgan fingerprint density at radius 3 is 2.93 bits per heavy atom. The van der Waals surface area contributed by atoms with Gasteiger partial charge in [0.1, 0.15) is 12.2 Å². The van der Waals surface area contributed by atoms with Gasteiger partial charge in [0.2, 0.25) is 0 Å². The molecule has 1 N–H and O–H groups in total. The third-order valence-corrected chi connectivity index (χ3v) is 2.61. The van der Waals surface area contributed by atoms with Crippen molar-refractivity contribution in [3.8, 4) is 0 Å². The monoisotopic (exact) mass is 195 g/mol. The average Bonchev–Trinajstić information content (AvgIpc) is 2.65. The predicted octanol–water partition coefficient (Wildman–Crippen LogP) is 0.181. The summed E-state index contributed by atoms with van der Waals surface area (Å²) >= 11 is 0. The highest BCUT2D eigenvalue weighted by molar-refractivity contribution is 6.20.